The standard InChI is InChI=1S/C15H17N3S/c1-10-7-8-15(19-10)14(9-16)18-11(2)17-12-5-3-4-6-13(12)18/h3-8,14H,9,16H2,1-2H3. The highest BCUT2D eigenvalue weighted by molar-refractivity contribution is 7.12. The Morgan fingerprint density at radius 1 is 1.21 bits per heavy atom. The lowest BCUT2D eigenvalue weighted by molar-refractivity contribution is 0.604. The van der Waals surface area contributed by atoms with Gasteiger partial charge < -0.3 is 10.3 Å². The minimum absolute atomic E-state index is 0.172. The van der Waals surface area contributed by atoms with E-state index in [4.69, 9.17) is 5.73 Å². The molecule has 3 aromatic rings. The average Bonchev–Trinajstić information content (AvgIpc) is 2.96. The topological polar surface area (TPSA) is 43.8 Å². The summed E-state index contributed by atoms with van der Waals surface area (Å²) in [6.45, 7) is 4.75. The summed E-state index contributed by atoms with van der Waals surface area (Å²) in [4.78, 5) is 7.24. The predicted molar refractivity (Wildman–Crippen MR) is 80.7 cm³/mol. The lowest BCUT2D eigenvalue weighted by atomic mass is 10.2. The zero-order chi connectivity index (χ0) is 13.4. The van der Waals surface area contributed by atoms with E-state index in [0.717, 1.165) is 16.9 Å². The summed E-state index contributed by atoms with van der Waals surface area (Å²) in [7, 11) is 0. The number of benzene rings is 1. The van der Waals surface area contributed by atoms with Crippen molar-refractivity contribution >= 4 is 22.4 Å². The van der Waals surface area contributed by atoms with Gasteiger partial charge in [0, 0.05) is 16.3 Å². The lowest BCUT2D eigenvalue weighted by Crippen LogP contribution is -2.20. The van der Waals surface area contributed by atoms with Gasteiger partial charge in [-0.1, -0.05) is 12.1 Å². The molecule has 0 aliphatic rings. The van der Waals surface area contributed by atoms with Crippen molar-refractivity contribution in [3.05, 3.63) is 52.0 Å². The van der Waals surface area contributed by atoms with Gasteiger partial charge in [0.15, 0.2) is 0 Å². The van der Waals surface area contributed by atoms with Crippen molar-refractivity contribution in [3.63, 3.8) is 0 Å². The molecule has 0 amide bonds. The first kappa shape index (κ1) is 12.4. The Morgan fingerprint density at radius 3 is 2.68 bits per heavy atom. The fraction of sp³-hybridized carbons (Fsp3) is 0.267. The van der Waals surface area contributed by atoms with Crippen LogP contribution in [-0.2, 0) is 0 Å². The fourth-order valence-electron chi connectivity index (χ4n) is 2.54. The molecule has 3 rings (SSSR count). The molecule has 0 bridgehead atoms. The summed E-state index contributed by atoms with van der Waals surface area (Å²) in [5, 5.41) is 0. The Balaban J connectivity index is 2.18. The number of fused-ring (bicyclic) bond motifs is 1. The van der Waals surface area contributed by atoms with E-state index in [0.29, 0.717) is 6.54 Å². The molecule has 0 aliphatic carbocycles. The molecule has 0 fully saturated rings. The highest BCUT2D eigenvalue weighted by atomic mass is 32.1. The summed E-state index contributed by atoms with van der Waals surface area (Å²) in [5.41, 5.74) is 8.21. The first-order valence-electron chi connectivity index (χ1n) is 6.40. The summed E-state index contributed by atoms with van der Waals surface area (Å²) in [6, 6.07) is 12.7. The Morgan fingerprint density at radius 2 is 2.00 bits per heavy atom. The van der Waals surface area contributed by atoms with E-state index in [-0.39, 0.29) is 6.04 Å². The molecular formula is C15H17N3S. The summed E-state index contributed by atoms with van der Waals surface area (Å²) in [5.74, 6) is 1.02. The second-order valence-electron chi connectivity index (χ2n) is 4.72. The largest absolute Gasteiger partial charge is 0.328 e. The number of nitrogens with two attached hydrogens (primary N) is 1. The number of aryl methyl sites for hydroxylation is 2. The van der Waals surface area contributed by atoms with Crippen molar-refractivity contribution in [1.82, 2.24) is 9.55 Å². The second kappa shape index (κ2) is 4.79. The van der Waals surface area contributed by atoms with Crippen molar-refractivity contribution in [2.24, 2.45) is 5.73 Å². The molecule has 1 unspecified atom stereocenters. The number of aromatic nitrogens is 2. The fourth-order valence-corrected chi connectivity index (χ4v) is 3.52. The van der Waals surface area contributed by atoms with E-state index in [1.165, 1.54) is 9.75 Å². The zero-order valence-electron chi connectivity index (χ0n) is 11.1. The number of nitrogens with zero attached hydrogens (tertiary/aromatic N) is 2. The van der Waals surface area contributed by atoms with E-state index in [1.54, 1.807) is 0 Å². The van der Waals surface area contributed by atoms with Crippen LogP contribution in [0.3, 0.4) is 0 Å². The van der Waals surface area contributed by atoms with E-state index in [9.17, 15) is 0 Å². The molecule has 0 saturated carbocycles. The summed E-state index contributed by atoms with van der Waals surface area (Å²) < 4.78 is 2.25. The van der Waals surface area contributed by atoms with Crippen LogP contribution in [0.25, 0.3) is 11.0 Å². The number of rotatable bonds is 3. The third-order valence-corrected chi connectivity index (χ3v) is 4.50. The van der Waals surface area contributed by atoms with Gasteiger partial charge in [0.1, 0.15) is 5.82 Å². The van der Waals surface area contributed by atoms with Gasteiger partial charge in [-0.05, 0) is 38.1 Å². The molecule has 0 aliphatic heterocycles. The molecule has 1 atom stereocenters. The van der Waals surface area contributed by atoms with Gasteiger partial charge in [-0.15, -0.1) is 11.3 Å². The average molecular weight is 271 g/mol. The normalized spacial score (nSPS) is 13.0. The second-order valence-corrected chi connectivity index (χ2v) is 6.04. The van der Waals surface area contributed by atoms with Crippen molar-refractivity contribution in [3.8, 4) is 0 Å². The molecular weight excluding hydrogens is 254 g/mol. The molecule has 0 spiro atoms. The van der Waals surface area contributed by atoms with Crippen LogP contribution in [0.2, 0.25) is 0 Å². The quantitative estimate of drug-likeness (QED) is 0.794. The van der Waals surface area contributed by atoms with Crippen LogP contribution in [0.5, 0.6) is 0 Å². The Kier molecular flexibility index (Phi) is 3.12. The number of para-hydroxylation sites is 2. The van der Waals surface area contributed by atoms with Crippen molar-refractivity contribution in [2.75, 3.05) is 6.54 Å². The SMILES string of the molecule is Cc1ccc(C(CN)n2c(C)nc3ccccc32)s1. The predicted octanol–water partition coefficient (Wildman–Crippen LogP) is 3.26. The van der Waals surface area contributed by atoms with E-state index < -0.39 is 0 Å². The van der Waals surface area contributed by atoms with Crippen molar-refractivity contribution < 1.29 is 0 Å². The van der Waals surface area contributed by atoms with Gasteiger partial charge in [0.25, 0.3) is 0 Å². The van der Waals surface area contributed by atoms with Crippen LogP contribution in [0.1, 0.15) is 21.6 Å². The lowest BCUT2D eigenvalue weighted by Gasteiger charge is -2.18. The van der Waals surface area contributed by atoms with Gasteiger partial charge in [-0.2, -0.15) is 0 Å². The van der Waals surface area contributed by atoms with Crippen LogP contribution < -0.4 is 5.73 Å². The third kappa shape index (κ3) is 2.07. The minimum atomic E-state index is 0.172. The third-order valence-electron chi connectivity index (χ3n) is 3.40. The van der Waals surface area contributed by atoms with Gasteiger partial charge in [0.05, 0.1) is 17.1 Å². The molecule has 0 saturated heterocycles. The number of hydrogen-bond acceptors (Lipinski definition) is 3. The first-order chi connectivity index (χ1) is 9.20. The van der Waals surface area contributed by atoms with E-state index in [2.05, 4.69) is 34.7 Å². The molecule has 3 nitrogen and oxygen atoms in total. The van der Waals surface area contributed by atoms with Crippen molar-refractivity contribution in [1.29, 1.82) is 0 Å². The molecule has 2 aromatic heterocycles. The Labute approximate surface area is 116 Å². The molecule has 0 radical (unpaired) electrons. The van der Waals surface area contributed by atoms with Gasteiger partial charge >= 0.3 is 0 Å². The number of hydrogen-bond donors (Lipinski definition) is 1. The zero-order valence-corrected chi connectivity index (χ0v) is 11.9. The molecule has 98 valence electrons. The maximum Gasteiger partial charge on any atom is 0.107 e. The van der Waals surface area contributed by atoms with Crippen LogP contribution in [0, 0.1) is 13.8 Å². The van der Waals surface area contributed by atoms with Crippen LogP contribution in [0.15, 0.2) is 36.4 Å². The molecule has 4 heteroatoms. The summed E-state index contributed by atoms with van der Waals surface area (Å²) >= 11 is 1.81. The van der Waals surface area contributed by atoms with E-state index >= 15 is 0 Å². The number of imidazole rings is 1. The summed E-state index contributed by atoms with van der Waals surface area (Å²) in [6.07, 6.45) is 0. The van der Waals surface area contributed by atoms with Gasteiger partial charge in [-0.25, -0.2) is 4.98 Å². The smallest absolute Gasteiger partial charge is 0.107 e. The highest BCUT2D eigenvalue weighted by Gasteiger charge is 2.18. The first-order valence-corrected chi connectivity index (χ1v) is 7.22. The van der Waals surface area contributed by atoms with Crippen molar-refractivity contribution in [2.45, 2.75) is 19.9 Å². The van der Waals surface area contributed by atoms with Crippen LogP contribution in [-0.4, -0.2) is 16.1 Å². The van der Waals surface area contributed by atoms with Gasteiger partial charge in [-0.3, -0.25) is 0 Å². The number of thiophene rings is 1. The highest BCUT2D eigenvalue weighted by Crippen LogP contribution is 2.29. The minimum Gasteiger partial charge on any atom is -0.328 e. The Bertz CT molecular complexity index is 711. The Hall–Kier alpha value is -1.65. The van der Waals surface area contributed by atoms with Crippen LogP contribution >= 0.6 is 11.3 Å². The molecule has 2 N–H and O–H groups in total. The molecule has 19 heavy (non-hydrogen) atoms. The van der Waals surface area contributed by atoms with Gasteiger partial charge in [0.2, 0.25) is 0 Å². The monoisotopic (exact) mass is 271 g/mol. The van der Waals surface area contributed by atoms with E-state index in [1.807, 2.05) is 36.5 Å². The molecule has 1 aromatic carbocycles. The molecule has 2 heterocycles. The maximum atomic E-state index is 6.02. The van der Waals surface area contributed by atoms with Crippen LogP contribution in [0.4, 0.5) is 0 Å². The maximum absolute atomic E-state index is 6.02.